The summed E-state index contributed by atoms with van der Waals surface area (Å²) in [5, 5.41) is 0. The average Bonchev–Trinajstić information content (AvgIpc) is 0.811. The van der Waals surface area contributed by atoms with Gasteiger partial charge in [0, 0.05) is 11.0 Å². The van der Waals surface area contributed by atoms with Crippen molar-refractivity contribution in [1.82, 2.24) is 0 Å². The third kappa shape index (κ3) is 8150. The molecule has 5 heavy (non-hydrogen) atoms. The number of hydrogen-bond donors (Lipinski definition) is 0. The van der Waals surface area contributed by atoms with E-state index in [0.717, 1.165) is 0 Å². The van der Waals surface area contributed by atoms with Crippen LogP contribution in [0.3, 0.4) is 0 Å². The topological polar surface area (TPSA) is 0 Å². The van der Waals surface area contributed by atoms with Crippen molar-refractivity contribution in [2.45, 2.75) is 13.8 Å². The maximum Gasteiger partial charge on any atom is 0 e. The average molecular weight is 84.2 g/mol. The third-order valence-corrected chi connectivity index (χ3v) is 0. The zero-order valence-electron chi connectivity index (χ0n) is 3.71. The molecule has 4 radical (unpaired) electrons. The van der Waals surface area contributed by atoms with E-state index >= 15 is 0 Å². The number of allylic oxidation sites excluding steroid dienone is 1. The second-order valence-corrected chi connectivity index (χ2v) is 1.21. The Balaban J connectivity index is 0. The van der Waals surface area contributed by atoms with Gasteiger partial charge in [0.25, 0.3) is 0 Å². The van der Waals surface area contributed by atoms with Gasteiger partial charge in [-0.25, -0.2) is 0 Å². The molecule has 0 saturated carbocycles. The van der Waals surface area contributed by atoms with Crippen molar-refractivity contribution in [2.75, 3.05) is 0 Å². The van der Waals surface area contributed by atoms with Crippen molar-refractivity contribution in [3.05, 3.63) is 12.2 Å². The fourth-order valence-electron chi connectivity index (χ4n) is 0. The third-order valence-electron chi connectivity index (χ3n) is 0. The molecule has 0 aliphatic carbocycles. The van der Waals surface area contributed by atoms with E-state index in [1.54, 1.807) is 0 Å². The molecule has 0 saturated heterocycles. The molecule has 1 heteroatoms. The van der Waals surface area contributed by atoms with Crippen LogP contribution in [0.25, 0.3) is 0 Å². The monoisotopic (exact) mass is 84.0 g/mol. The summed E-state index contributed by atoms with van der Waals surface area (Å²) in [6.45, 7) is 7.50. The summed E-state index contributed by atoms with van der Waals surface area (Å²) in [4.78, 5) is 0. The lowest BCUT2D eigenvalue weighted by Crippen LogP contribution is -1.43. The highest BCUT2D eigenvalue weighted by atomic mass is 28.1. The Morgan fingerprint density at radius 2 is 1.40 bits per heavy atom. The predicted octanol–water partition coefficient (Wildman–Crippen LogP) is 1.20. The van der Waals surface area contributed by atoms with Crippen LogP contribution in [0.15, 0.2) is 12.2 Å². The molecule has 0 aromatic heterocycles. The molecule has 0 rings (SSSR count). The summed E-state index contributed by atoms with van der Waals surface area (Å²) < 4.78 is 0. The molecule has 0 atom stereocenters. The lowest BCUT2D eigenvalue weighted by atomic mass is 10.4. The summed E-state index contributed by atoms with van der Waals surface area (Å²) in [5.74, 6) is 0. The summed E-state index contributed by atoms with van der Waals surface area (Å²) in [6.07, 6.45) is 0. The Morgan fingerprint density at radius 1 is 1.40 bits per heavy atom. The molecule has 0 bridgehead atoms. The molecule has 0 aliphatic rings. The SMILES string of the molecule is C=C(C)C.[Si]. The van der Waals surface area contributed by atoms with Crippen molar-refractivity contribution in [3.8, 4) is 0 Å². The first-order valence-electron chi connectivity index (χ1n) is 1.35. The van der Waals surface area contributed by atoms with E-state index in [1.807, 2.05) is 13.8 Å². The van der Waals surface area contributed by atoms with Crippen LogP contribution in [0.4, 0.5) is 0 Å². The molecule has 0 heterocycles. The minimum Gasteiger partial charge on any atom is -0.100 e. The first-order chi connectivity index (χ1) is 1.73. The van der Waals surface area contributed by atoms with Gasteiger partial charge in [0.1, 0.15) is 0 Å². The smallest absolute Gasteiger partial charge is 0 e. The van der Waals surface area contributed by atoms with Crippen LogP contribution >= 0.6 is 0 Å². The second kappa shape index (κ2) is 3.96. The molecular weight excluding hydrogens is 76.1 g/mol. The fourth-order valence-corrected chi connectivity index (χ4v) is 0. The van der Waals surface area contributed by atoms with Crippen LogP contribution in [-0.4, -0.2) is 11.0 Å². The lowest BCUT2D eigenvalue weighted by molar-refractivity contribution is 1.42. The highest BCUT2D eigenvalue weighted by molar-refractivity contribution is 5.75. The van der Waals surface area contributed by atoms with E-state index in [2.05, 4.69) is 6.58 Å². The molecule has 0 aliphatic heterocycles. The Kier molecular flexibility index (Phi) is 7.02. The highest BCUT2D eigenvalue weighted by Crippen LogP contribution is 1.73. The van der Waals surface area contributed by atoms with Gasteiger partial charge in [-0.3, -0.25) is 0 Å². The van der Waals surface area contributed by atoms with Gasteiger partial charge in [0.05, 0.1) is 0 Å². The molecule has 28 valence electrons. The van der Waals surface area contributed by atoms with E-state index in [-0.39, 0.29) is 11.0 Å². The van der Waals surface area contributed by atoms with Crippen molar-refractivity contribution in [2.24, 2.45) is 0 Å². The molecule has 0 amide bonds. The number of hydrogen-bond acceptors (Lipinski definition) is 0. The maximum atomic E-state index is 3.56. The molecule has 0 N–H and O–H groups in total. The molecule has 0 unspecified atom stereocenters. The minimum atomic E-state index is 0. The lowest BCUT2D eigenvalue weighted by Gasteiger charge is -1.65. The number of rotatable bonds is 0. The Hall–Kier alpha value is -0.0431. The normalized spacial score (nSPS) is 5.20. The van der Waals surface area contributed by atoms with E-state index in [4.69, 9.17) is 0 Å². The van der Waals surface area contributed by atoms with Gasteiger partial charge in [-0.15, -0.1) is 6.58 Å². The largest absolute Gasteiger partial charge is 0.100 e. The zero-order valence-corrected chi connectivity index (χ0v) is 4.71. The van der Waals surface area contributed by atoms with Crippen molar-refractivity contribution in [1.29, 1.82) is 0 Å². The van der Waals surface area contributed by atoms with Crippen LogP contribution in [0, 0.1) is 0 Å². The Morgan fingerprint density at radius 3 is 1.40 bits per heavy atom. The van der Waals surface area contributed by atoms with Crippen molar-refractivity contribution >= 4 is 11.0 Å². The van der Waals surface area contributed by atoms with E-state index in [1.165, 1.54) is 5.57 Å². The first-order valence-corrected chi connectivity index (χ1v) is 1.35. The standard InChI is InChI=1S/C4H8.Si/c1-4(2)3;/h1H2,2-3H3;. The van der Waals surface area contributed by atoms with Gasteiger partial charge < -0.3 is 0 Å². The Bertz CT molecular complexity index is 26.6. The summed E-state index contributed by atoms with van der Waals surface area (Å²) in [6, 6.07) is 0. The van der Waals surface area contributed by atoms with Gasteiger partial charge in [-0.05, 0) is 13.8 Å². The molecule has 0 aromatic rings. The zero-order chi connectivity index (χ0) is 3.58. The molecular formula is C4H8Si. The van der Waals surface area contributed by atoms with Gasteiger partial charge in [0.2, 0.25) is 0 Å². The fraction of sp³-hybridized carbons (Fsp3) is 0.500. The van der Waals surface area contributed by atoms with Gasteiger partial charge in [-0.2, -0.15) is 0 Å². The van der Waals surface area contributed by atoms with Crippen molar-refractivity contribution < 1.29 is 0 Å². The maximum absolute atomic E-state index is 3.56. The van der Waals surface area contributed by atoms with Crippen LogP contribution in [0.1, 0.15) is 13.8 Å². The van der Waals surface area contributed by atoms with E-state index in [9.17, 15) is 0 Å². The van der Waals surface area contributed by atoms with E-state index in [0.29, 0.717) is 0 Å². The van der Waals surface area contributed by atoms with Gasteiger partial charge in [0.15, 0.2) is 0 Å². The summed E-state index contributed by atoms with van der Waals surface area (Å²) >= 11 is 0. The van der Waals surface area contributed by atoms with Gasteiger partial charge >= 0.3 is 0 Å². The second-order valence-electron chi connectivity index (χ2n) is 1.21. The summed E-state index contributed by atoms with van der Waals surface area (Å²) in [5.41, 5.74) is 1.17. The molecule has 0 aromatic carbocycles. The molecule has 0 spiro atoms. The van der Waals surface area contributed by atoms with Crippen LogP contribution < -0.4 is 0 Å². The minimum absolute atomic E-state index is 0. The molecule has 0 fully saturated rings. The predicted molar refractivity (Wildman–Crippen MR) is 26.2 cm³/mol. The first kappa shape index (κ1) is 8.88. The van der Waals surface area contributed by atoms with Gasteiger partial charge in [-0.1, -0.05) is 5.57 Å². The van der Waals surface area contributed by atoms with Crippen molar-refractivity contribution in [3.63, 3.8) is 0 Å². The van der Waals surface area contributed by atoms with E-state index < -0.39 is 0 Å². The summed E-state index contributed by atoms with van der Waals surface area (Å²) in [7, 11) is 0. The molecule has 0 nitrogen and oxygen atoms in total. The quantitative estimate of drug-likeness (QED) is 0.305. The van der Waals surface area contributed by atoms with Crippen LogP contribution in [-0.2, 0) is 0 Å². The van der Waals surface area contributed by atoms with Crippen LogP contribution in [0.5, 0.6) is 0 Å². The Labute approximate surface area is 37.9 Å². The van der Waals surface area contributed by atoms with Crippen LogP contribution in [0.2, 0.25) is 0 Å². The highest BCUT2D eigenvalue weighted by Gasteiger charge is 1.51.